The van der Waals surface area contributed by atoms with Gasteiger partial charge in [0.15, 0.2) is 0 Å². The van der Waals surface area contributed by atoms with Crippen LogP contribution < -0.4 is 10.1 Å². The normalized spacial score (nSPS) is 13.0. The van der Waals surface area contributed by atoms with E-state index in [1.165, 1.54) is 11.8 Å². The number of hydrogen-bond donors (Lipinski definition) is 2. The zero-order chi connectivity index (χ0) is 19.8. The van der Waals surface area contributed by atoms with Gasteiger partial charge in [-0.25, -0.2) is 9.48 Å². The molecule has 2 atom stereocenters. The minimum Gasteiger partial charge on any atom is -0.497 e. The average molecular weight is 377 g/mol. The van der Waals surface area contributed by atoms with E-state index in [1.54, 1.807) is 26.2 Å². The highest BCUT2D eigenvalue weighted by molar-refractivity contribution is 5.86. The molecule has 1 aromatic carbocycles. The van der Waals surface area contributed by atoms with Crippen molar-refractivity contribution in [1.82, 2.24) is 25.5 Å². The highest BCUT2D eigenvalue weighted by Crippen LogP contribution is 2.19. The number of aromatic nitrogens is 4. The fourth-order valence-electron chi connectivity index (χ4n) is 2.60. The Morgan fingerprint density at radius 3 is 2.70 bits per heavy atom. The molecular formula is C17H23N5O5. The molecule has 0 fully saturated rings. The number of rotatable bonds is 10. The largest absolute Gasteiger partial charge is 0.497 e. The molecular weight excluding hydrogens is 354 g/mol. The maximum absolute atomic E-state index is 12.9. The third-order valence-corrected chi connectivity index (χ3v) is 4.04. The van der Waals surface area contributed by atoms with Gasteiger partial charge >= 0.3 is 5.97 Å². The first-order valence-electron chi connectivity index (χ1n) is 8.35. The lowest BCUT2D eigenvalue weighted by Gasteiger charge is -2.21. The van der Waals surface area contributed by atoms with Crippen LogP contribution in [-0.4, -0.2) is 64.1 Å². The van der Waals surface area contributed by atoms with Crippen LogP contribution in [0.2, 0.25) is 0 Å². The summed E-state index contributed by atoms with van der Waals surface area (Å²) in [6.07, 6.45) is 0.420. The maximum atomic E-state index is 12.9. The lowest BCUT2D eigenvalue weighted by atomic mass is 10.0. The number of aliphatic carboxylic acids is 1. The quantitative estimate of drug-likeness (QED) is 0.608. The molecule has 27 heavy (non-hydrogen) atoms. The molecule has 2 N–H and O–H groups in total. The molecule has 0 radical (unpaired) electrons. The van der Waals surface area contributed by atoms with Crippen LogP contribution in [0.25, 0.3) is 0 Å². The van der Waals surface area contributed by atoms with E-state index in [2.05, 4.69) is 20.8 Å². The van der Waals surface area contributed by atoms with Gasteiger partial charge in [-0.1, -0.05) is 12.1 Å². The number of carbonyl (C=O) groups excluding carboxylic acids is 1. The number of ether oxygens (including phenoxy) is 2. The predicted molar refractivity (Wildman–Crippen MR) is 94.3 cm³/mol. The van der Waals surface area contributed by atoms with Crippen LogP contribution in [-0.2, 0) is 20.7 Å². The second-order valence-electron chi connectivity index (χ2n) is 5.92. The van der Waals surface area contributed by atoms with E-state index in [0.717, 1.165) is 5.56 Å². The summed E-state index contributed by atoms with van der Waals surface area (Å²) >= 11 is 0. The molecule has 0 spiro atoms. The molecule has 0 aliphatic rings. The predicted octanol–water partition coefficient (Wildman–Crippen LogP) is 0.380. The Kier molecular flexibility index (Phi) is 7.24. The minimum absolute atomic E-state index is 0.151. The number of benzene rings is 1. The zero-order valence-corrected chi connectivity index (χ0v) is 15.5. The second-order valence-corrected chi connectivity index (χ2v) is 5.92. The number of carboxylic acid groups (broad SMARTS) is 1. The Bertz CT molecular complexity index is 779. The third-order valence-electron chi connectivity index (χ3n) is 4.04. The first-order valence-corrected chi connectivity index (χ1v) is 8.35. The van der Waals surface area contributed by atoms with Gasteiger partial charge in [0, 0.05) is 26.6 Å². The van der Waals surface area contributed by atoms with Crippen LogP contribution in [0.15, 0.2) is 24.3 Å². The molecule has 1 heterocycles. The molecule has 1 amide bonds. The van der Waals surface area contributed by atoms with E-state index in [1.807, 2.05) is 12.1 Å². The first-order chi connectivity index (χ1) is 13.0. The SMILES string of the molecule is COCCC(NC(=O)C(Cc1cccc(OC)c1)n1nnnc1C)C(=O)O. The van der Waals surface area contributed by atoms with Crippen molar-refractivity contribution in [3.63, 3.8) is 0 Å². The van der Waals surface area contributed by atoms with E-state index < -0.39 is 24.0 Å². The molecule has 1 aromatic heterocycles. The maximum Gasteiger partial charge on any atom is 0.326 e. The fraction of sp³-hybridized carbons (Fsp3) is 0.471. The van der Waals surface area contributed by atoms with Gasteiger partial charge < -0.3 is 19.9 Å². The number of carbonyl (C=O) groups is 2. The molecule has 10 heteroatoms. The Morgan fingerprint density at radius 1 is 1.33 bits per heavy atom. The smallest absolute Gasteiger partial charge is 0.326 e. The molecule has 0 aliphatic heterocycles. The summed E-state index contributed by atoms with van der Waals surface area (Å²) in [7, 11) is 3.03. The number of aryl methyl sites for hydroxylation is 1. The molecule has 2 unspecified atom stereocenters. The van der Waals surface area contributed by atoms with Crippen LogP contribution in [0, 0.1) is 6.92 Å². The van der Waals surface area contributed by atoms with Crippen molar-refractivity contribution in [2.75, 3.05) is 20.8 Å². The van der Waals surface area contributed by atoms with Gasteiger partial charge in [0.2, 0.25) is 5.91 Å². The van der Waals surface area contributed by atoms with Gasteiger partial charge in [0.1, 0.15) is 23.7 Å². The van der Waals surface area contributed by atoms with Crippen molar-refractivity contribution >= 4 is 11.9 Å². The molecule has 0 saturated heterocycles. The minimum atomic E-state index is -1.13. The Morgan fingerprint density at radius 2 is 2.11 bits per heavy atom. The van der Waals surface area contributed by atoms with Crippen LogP contribution in [0.3, 0.4) is 0 Å². The average Bonchev–Trinajstić information content (AvgIpc) is 3.08. The Balaban J connectivity index is 2.25. The summed E-state index contributed by atoms with van der Waals surface area (Å²) in [6, 6.07) is 5.39. The zero-order valence-electron chi connectivity index (χ0n) is 15.5. The van der Waals surface area contributed by atoms with Crippen LogP contribution in [0.1, 0.15) is 23.9 Å². The number of hydrogen-bond acceptors (Lipinski definition) is 7. The lowest BCUT2D eigenvalue weighted by molar-refractivity contribution is -0.142. The van der Waals surface area contributed by atoms with Crippen LogP contribution >= 0.6 is 0 Å². The number of nitrogens with one attached hydrogen (secondary N) is 1. The molecule has 146 valence electrons. The molecule has 10 nitrogen and oxygen atoms in total. The van der Waals surface area contributed by atoms with Crippen molar-refractivity contribution in [2.24, 2.45) is 0 Å². The monoisotopic (exact) mass is 377 g/mol. The van der Waals surface area contributed by atoms with Crippen LogP contribution in [0.4, 0.5) is 0 Å². The van der Waals surface area contributed by atoms with E-state index in [4.69, 9.17) is 9.47 Å². The number of carboxylic acids is 1. The molecule has 2 rings (SSSR count). The van der Waals surface area contributed by atoms with Gasteiger partial charge in [0.25, 0.3) is 0 Å². The second kappa shape index (κ2) is 9.62. The van der Waals surface area contributed by atoms with E-state index in [9.17, 15) is 14.7 Å². The van der Waals surface area contributed by atoms with E-state index in [-0.39, 0.29) is 19.4 Å². The third kappa shape index (κ3) is 5.48. The van der Waals surface area contributed by atoms with Crippen molar-refractivity contribution in [3.05, 3.63) is 35.7 Å². The Labute approximate surface area is 156 Å². The molecule has 2 aromatic rings. The first kappa shape index (κ1) is 20.3. The number of nitrogens with zero attached hydrogens (tertiary/aromatic N) is 4. The van der Waals surface area contributed by atoms with Gasteiger partial charge in [-0.15, -0.1) is 5.10 Å². The standard InChI is InChI=1S/C17H23N5O5/c1-11-19-20-21-22(11)15(10-12-5-4-6-13(9-12)27-3)16(23)18-14(17(24)25)7-8-26-2/h4-6,9,14-15H,7-8,10H2,1-3H3,(H,18,23)(H,24,25). The summed E-state index contributed by atoms with van der Waals surface area (Å²) in [5.41, 5.74) is 0.827. The molecule has 0 aliphatic carbocycles. The molecule has 0 bridgehead atoms. The number of amides is 1. The summed E-state index contributed by atoms with van der Waals surface area (Å²) in [5, 5.41) is 23.2. The topological polar surface area (TPSA) is 128 Å². The lowest BCUT2D eigenvalue weighted by Crippen LogP contribution is -2.45. The van der Waals surface area contributed by atoms with E-state index in [0.29, 0.717) is 11.6 Å². The molecule has 0 saturated carbocycles. The van der Waals surface area contributed by atoms with Gasteiger partial charge in [-0.2, -0.15) is 0 Å². The summed E-state index contributed by atoms with van der Waals surface area (Å²) in [6.45, 7) is 1.88. The van der Waals surface area contributed by atoms with Crippen molar-refractivity contribution in [3.8, 4) is 5.75 Å². The van der Waals surface area contributed by atoms with Crippen molar-refractivity contribution in [1.29, 1.82) is 0 Å². The van der Waals surface area contributed by atoms with Crippen molar-refractivity contribution in [2.45, 2.75) is 31.8 Å². The van der Waals surface area contributed by atoms with Crippen molar-refractivity contribution < 1.29 is 24.2 Å². The summed E-state index contributed by atoms with van der Waals surface area (Å²) in [5.74, 6) is -0.517. The fourth-order valence-corrected chi connectivity index (χ4v) is 2.60. The number of methoxy groups -OCH3 is 2. The Hall–Kier alpha value is -3.01. The highest BCUT2D eigenvalue weighted by Gasteiger charge is 2.28. The highest BCUT2D eigenvalue weighted by atomic mass is 16.5. The van der Waals surface area contributed by atoms with Gasteiger partial charge in [-0.3, -0.25) is 4.79 Å². The number of tetrazole rings is 1. The summed E-state index contributed by atoms with van der Waals surface area (Å²) < 4.78 is 11.5. The van der Waals surface area contributed by atoms with Gasteiger partial charge in [-0.05, 0) is 35.0 Å². The van der Waals surface area contributed by atoms with Crippen LogP contribution in [0.5, 0.6) is 5.75 Å². The van der Waals surface area contributed by atoms with E-state index >= 15 is 0 Å². The van der Waals surface area contributed by atoms with Gasteiger partial charge in [0.05, 0.1) is 7.11 Å². The summed E-state index contributed by atoms with van der Waals surface area (Å²) in [4.78, 5) is 24.3.